The van der Waals surface area contributed by atoms with E-state index in [1.165, 1.54) is 11.1 Å². The van der Waals surface area contributed by atoms with Gasteiger partial charge < -0.3 is 16.5 Å². The van der Waals surface area contributed by atoms with Gasteiger partial charge in [-0.2, -0.15) is 5.26 Å². The van der Waals surface area contributed by atoms with Crippen LogP contribution in [0, 0.1) is 23.7 Å². The lowest BCUT2D eigenvalue weighted by molar-refractivity contribution is 0.762. The molecule has 0 spiro atoms. The molecule has 1 aliphatic rings. The Bertz CT molecular complexity index is 830. The van der Waals surface area contributed by atoms with E-state index in [0.717, 1.165) is 35.2 Å². The number of fused-ring (bicyclic) bond motifs is 1. The number of benzene rings is 2. The van der Waals surface area contributed by atoms with Crippen LogP contribution in [0.3, 0.4) is 0 Å². The normalized spacial score (nSPS) is 15.8. The quantitative estimate of drug-likeness (QED) is 0.593. The van der Waals surface area contributed by atoms with Crippen molar-refractivity contribution in [2.75, 3.05) is 11.1 Å². The molecule has 2 aromatic carbocycles. The summed E-state index contributed by atoms with van der Waals surface area (Å²) in [6, 6.07) is 12.2. The van der Waals surface area contributed by atoms with Crippen molar-refractivity contribution in [1.82, 2.24) is 0 Å². The largest absolute Gasteiger partial charge is 0.398 e. The van der Waals surface area contributed by atoms with E-state index in [-0.39, 0.29) is 6.04 Å². The van der Waals surface area contributed by atoms with Crippen molar-refractivity contribution in [2.24, 2.45) is 0 Å². The fourth-order valence-corrected chi connectivity index (χ4v) is 3.32. The van der Waals surface area contributed by atoms with Gasteiger partial charge in [0.05, 0.1) is 17.7 Å². The topological polar surface area (TPSA) is 85.7 Å². The second-order valence-electron chi connectivity index (χ2n) is 6.08. The molecule has 4 N–H and O–H groups in total. The average molecular weight is 304 g/mol. The van der Waals surface area contributed by atoms with Crippen molar-refractivity contribution in [1.29, 1.82) is 10.7 Å². The molecule has 0 heterocycles. The van der Waals surface area contributed by atoms with Crippen molar-refractivity contribution in [3.63, 3.8) is 0 Å². The molecule has 2 aromatic rings. The highest BCUT2D eigenvalue weighted by molar-refractivity contribution is 6.01. The number of nitriles is 1. The van der Waals surface area contributed by atoms with Gasteiger partial charge in [0.15, 0.2) is 0 Å². The van der Waals surface area contributed by atoms with Crippen LogP contribution >= 0.6 is 0 Å². The molecule has 0 fully saturated rings. The lowest BCUT2D eigenvalue weighted by Gasteiger charge is -2.17. The number of nitrogens with one attached hydrogen (secondary N) is 2. The monoisotopic (exact) mass is 304 g/mol. The molecule has 0 saturated heterocycles. The summed E-state index contributed by atoms with van der Waals surface area (Å²) in [4.78, 5) is 0. The molecule has 0 amide bonds. The Kier molecular flexibility index (Phi) is 3.79. The van der Waals surface area contributed by atoms with Crippen LogP contribution < -0.4 is 11.1 Å². The number of hydrogen-bond donors (Lipinski definition) is 3. The molecule has 1 unspecified atom stereocenters. The molecule has 3 rings (SSSR count). The van der Waals surface area contributed by atoms with Crippen LogP contribution in [-0.4, -0.2) is 5.71 Å². The Hall–Kier alpha value is -2.80. The van der Waals surface area contributed by atoms with Crippen LogP contribution in [0.5, 0.6) is 0 Å². The Labute approximate surface area is 136 Å². The lowest BCUT2D eigenvalue weighted by Crippen LogP contribution is -2.09. The second-order valence-corrected chi connectivity index (χ2v) is 6.08. The van der Waals surface area contributed by atoms with Crippen LogP contribution in [-0.2, 0) is 6.42 Å². The summed E-state index contributed by atoms with van der Waals surface area (Å²) in [5, 5.41) is 20.5. The van der Waals surface area contributed by atoms with Crippen molar-refractivity contribution in [3.8, 4) is 6.07 Å². The highest BCUT2D eigenvalue weighted by Crippen LogP contribution is 2.37. The summed E-state index contributed by atoms with van der Waals surface area (Å²) in [7, 11) is 0. The van der Waals surface area contributed by atoms with Gasteiger partial charge >= 0.3 is 0 Å². The third kappa shape index (κ3) is 2.66. The molecule has 116 valence electrons. The molecular formula is C19H20N4. The Balaban J connectivity index is 1.90. The summed E-state index contributed by atoms with van der Waals surface area (Å²) >= 11 is 0. The van der Waals surface area contributed by atoms with Crippen molar-refractivity contribution >= 4 is 17.1 Å². The van der Waals surface area contributed by atoms with E-state index in [1.807, 2.05) is 31.2 Å². The number of hydrogen-bond acceptors (Lipinski definition) is 4. The van der Waals surface area contributed by atoms with Gasteiger partial charge in [0.2, 0.25) is 0 Å². The third-order valence-corrected chi connectivity index (χ3v) is 4.61. The van der Waals surface area contributed by atoms with E-state index in [2.05, 4.69) is 17.5 Å². The smallest absolute Gasteiger partial charge is 0.0994 e. The maximum absolute atomic E-state index is 9.16. The Morgan fingerprint density at radius 1 is 1.35 bits per heavy atom. The number of nitrogens with two attached hydrogens (primary N) is 1. The zero-order chi connectivity index (χ0) is 16.6. The molecule has 0 aromatic heterocycles. The van der Waals surface area contributed by atoms with Crippen LogP contribution in [0.2, 0.25) is 0 Å². The fraction of sp³-hybridized carbons (Fsp3) is 0.263. The summed E-state index contributed by atoms with van der Waals surface area (Å²) in [5.41, 5.74) is 13.2. The molecule has 0 aliphatic heterocycles. The SMILES string of the molecule is CC(=N)c1cc(NC2CCc3c2ccc(C#N)c3C)ccc1N. The van der Waals surface area contributed by atoms with E-state index in [0.29, 0.717) is 11.4 Å². The zero-order valence-electron chi connectivity index (χ0n) is 13.4. The minimum atomic E-state index is 0.235. The predicted octanol–water partition coefficient (Wildman–Crippen LogP) is 3.94. The first kappa shape index (κ1) is 15.1. The number of anilines is 2. The lowest BCUT2D eigenvalue weighted by atomic mass is 9.98. The molecule has 0 saturated carbocycles. The van der Waals surface area contributed by atoms with E-state index in [9.17, 15) is 0 Å². The van der Waals surface area contributed by atoms with Crippen LogP contribution in [0.1, 0.15) is 47.2 Å². The summed E-state index contributed by atoms with van der Waals surface area (Å²) in [6.45, 7) is 3.77. The van der Waals surface area contributed by atoms with E-state index in [4.69, 9.17) is 16.4 Å². The number of nitrogen functional groups attached to an aromatic ring is 1. The maximum atomic E-state index is 9.16. The highest BCUT2D eigenvalue weighted by atomic mass is 14.9. The van der Waals surface area contributed by atoms with Gasteiger partial charge in [-0.15, -0.1) is 0 Å². The van der Waals surface area contributed by atoms with E-state index >= 15 is 0 Å². The molecule has 4 nitrogen and oxygen atoms in total. The van der Waals surface area contributed by atoms with Crippen LogP contribution in [0.25, 0.3) is 0 Å². The van der Waals surface area contributed by atoms with Crippen LogP contribution in [0.4, 0.5) is 11.4 Å². The van der Waals surface area contributed by atoms with Gasteiger partial charge in [0, 0.05) is 22.6 Å². The standard InChI is InChI=1S/C19H20N4/c1-11-13(10-20)3-5-16-15(11)6-8-19(16)23-14-4-7-18(22)17(9-14)12(2)21/h3-5,7,9,19,21,23H,6,8,22H2,1-2H3. The number of rotatable bonds is 3. The molecule has 1 aliphatic carbocycles. The summed E-state index contributed by atoms with van der Waals surface area (Å²) in [5.74, 6) is 0. The van der Waals surface area contributed by atoms with E-state index < -0.39 is 0 Å². The van der Waals surface area contributed by atoms with Gasteiger partial charge in [-0.3, -0.25) is 0 Å². The van der Waals surface area contributed by atoms with Crippen LogP contribution in [0.15, 0.2) is 30.3 Å². The van der Waals surface area contributed by atoms with Crippen molar-refractivity contribution < 1.29 is 0 Å². The molecule has 23 heavy (non-hydrogen) atoms. The fourth-order valence-electron chi connectivity index (χ4n) is 3.32. The van der Waals surface area contributed by atoms with Gasteiger partial charge in [-0.1, -0.05) is 6.07 Å². The average Bonchev–Trinajstić information content (AvgIpc) is 2.93. The minimum absolute atomic E-state index is 0.235. The minimum Gasteiger partial charge on any atom is -0.398 e. The highest BCUT2D eigenvalue weighted by Gasteiger charge is 2.25. The van der Waals surface area contributed by atoms with Gasteiger partial charge in [-0.25, -0.2) is 0 Å². The van der Waals surface area contributed by atoms with Gasteiger partial charge in [0.1, 0.15) is 0 Å². The Morgan fingerprint density at radius 2 is 2.13 bits per heavy atom. The summed E-state index contributed by atoms with van der Waals surface area (Å²) in [6.07, 6.45) is 1.99. The third-order valence-electron chi connectivity index (χ3n) is 4.61. The molecule has 0 radical (unpaired) electrons. The van der Waals surface area contributed by atoms with Crippen molar-refractivity contribution in [2.45, 2.75) is 32.7 Å². The van der Waals surface area contributed by atoms with Gasteiger partial charge in [-0.05, 0) is 67.6 Å². The van der Waals surface area contributed by atoms with Crippen molar-refractivity contribution in [3.05, 3.63) is 58.1 Å². The summed E-state index contributed by atoms with van der Waals surface area (Å²) < 4.78 is 0. The first-order valence-corrected chi connectivity index (χ1v) is 7.75. The number of nitrogens with zero attached hydrogens (tertiary/aromatic N) is 1. The maximum Gasteiger partial charge on any atom is 0.0994 e. The predicted molar refractivity (Wildman–Crippen MR) is 93.9 cm³/mol. The molecule has 0 bridgehead atoms. The molecule has 4 heteroatoms. The second kappa shape index (κ2) is 5.77. The first-order chi connectivity index (χ1) is 11.0. The Morgan fingerprint density at radius 3 is 2.83 bits per heavy atom. The first-order valence-electron chi connectivity index (χ1n) is 7.75. The zero-order valence-corrected chi connectivity index (χ0v) is 13.4. The molecular weight excluding hydrogens is 284 g/mol. The molecule has 1 atom stereocenters. The van der Waals surface area contributed by atoms with E-state index in [1.54, 1.807) is 6.92 Å². The van der Waals surface area contributed by atoms with Gasteiger partial charge in [0.25, 0.3) is 0 Å².